The molecule has 20 heavy (non-hydrogen) atoms. The smallest absolute Gasteiger partial charge is 0.263 e. The number of anilines is 2. The summed E-state index contributed by atoms with van der Waals surface area (Å²) in [5, 5.41) is 13.5. The van der Waals surface area contributed by atoms with Crippen LogP contribution in [0.2, 0.25) is 0 Å². The van der Waals surface area contributed by atoms with Crippen molar-refractivity contribution in [3.05, 3.63) is 10.9 Å². The fraction of sp³-hybridized carbons (Fsp3) is 0.643. The summed E-state index contributed by atoms with van der Waals surface area (Å²) in [6, 6.07) is 1.89. The van der Waals surface area contributed by atoms with Gasteiger partial charge in [-0.3, -0.25) is 4.79 Å². The molecule has 1 aromatic rings. The maximum atomic E-state index is 11.9. The van der Waals surface area contributed by atoms with Crippen molar-refractivity contribution in [1.82, 2.24) is 5.32 Å². The minimum absolute atomic E-state index is 0.0971. The molecular formula is C14H23N3O2S. The lowest BCUT2D eigenvalue weighted by Crippen LogP contribution is -2.36. The lowest BCUT2D eigenvalue weighted by molar-refractivity contribution is 0.0960. The highest BCUT2D eigenvalue weighted by Gasteiger charge is 2.25. The molecule has 0 spiro atoms. The molecule has 2 rings (SSSR count). The molecule has 1 aromatic heterocycles. The third-order valence-corrected chi connectivity index (χ3v) is 5.04. The Morgan fingerprint density at radius 3 is 2.80 bits per heavy atom. The summed E-state index contributed by atoms with van der Waals surface area (Å²) >= 11 is 1.45. The number of piperidine rings is 1. The van der Waals surface area contributed by atoms with Crippen LogP contribution < -0.4 is 16.0 Å². The van der Waals surface area contributed by atoms with Crippen molar-refractivity contribution in [3.63, 3.8) is 0 Å². The SMILES string of the molecule is CCNC(=O)c1sc(N2CCC(C(C)O)CC2)cc1N. The van der Waals surface area contributed by atoms with Crippen LogP contribution in [0, 0.1) is 5.92 Å². The van der Waals surface area contributed by atoms with Crippen molar-refractivity contribution in [3.8, 4) is 0 Å². The van der Waals surface area contributed by atoms with Crippen LogP contribution in [0.3, 0.4) is 0 Å². The van der Waals surface area contributed by atoms with Gasteiger partial charge in [-0.1, -0.05) is 0 Å². The van der Waals surface area contributed by atoms with E-state index in [0.29, 0.717) is 23.0 Å². The standard InChI is InChI=1S/C14H23N3O2S/c1-3-16-14(19)13-11(15)8-12(20-13)17-6-4-10(5-7-17)9(2)18/h8-10,18H,3-7,15H2,1-2H3,(H,16,19). The second-order valence-electron chi connectivity index (χ2n) is 5.29. The lowest BCUT2D eigenvalue weighted by atomic mass is 9.92. The number of aliphatic hydroxyl groups is 1. The van der Waals surface area contributed by atoms with E-state index in [9.17, 15) is 9.90 Å². The van der Waals surface area contributed by atoms with E-state index in [-0.39, 0.29) is 12.0 Å². The molecule has 1 aliphatic heterocycles. The Morgan fingerprint density at radius 2 is 2.25 bits per heavy atom. The normalized spacial score (nSPS) is 18.1. The molecule has 1 saturated heterocycles. The summed E-state index contributed by atoms with van der Waals surface area (Å²) in [5.41, 5.74) is 6.49. The number of hydrogen-bond acceptors (Lipinski definition) is 5. The molecule has 1 unspecified atom stereocenters. The van der Waals surface area contributed by atoms with E-state index in [0.717, 1.165) is 30.9 Å². The lowest BCUT2D eigenvalue weighted by Gasteiger charge is -2.33. The van der Waals surface area contributed by atoms with Gasteiger partial charge in [0, 0.05) is 19.6 Å². The minimum Gasteiger partial charge on any atom is -0.397 e. The first kappa shape index (κ1) is 15.1. The summed E-state index contributed by atoms with van der Waals surface area (Å²) in [5.74, 6) is 0.284. The number of carbonyl (C=O) groups excluding carboxylic acids is 1. The molecule has 2 heterocycles. The average molecular weight is 297 g/mol. The number of rotatable bonds is 4. The molecule has 0 aromatic carbocycles. The molecule has 0 radical (unpaired) electrons. The highest BCUT2D eigenvalue weighted by atomic mass is 32.1. The molecule has 1 fully saturated rings. The summed E-state index contributed by atoms with van der Waals surface area (Å²) in [7, 11) is 0. The monoisotopic (exact) mass is 297 g/mol. The zero-order valence-electron chi connectivity index (χ0n) is 12.1. The van der Waals surface area contributed by atoms with Gasteiger partial charge >= 0.3 is 0 Å². The third-order valence-electron chi connectivity index (χ3n) is 3.82. The van der Waals surface area contributed by atoms with Crippen LogP contribution in [0.4, 0.5) is 10.7 Å². The Hall–Kier alpha value is -1.27. The quantitative estimate of drug-likeness (QED) is 0.790. The highest BCUT2D eigenvalue weighted by Crippen LogP contribution is 2.34. The first-order valence-electron chi connectivity index (χ1n) is 7.13. The first-order chi connectivity index (χ1) is 9.52. The summed E-state index contributed by atoms with van der Waals surface area (Å²) in [6.45, 7) is 6.17. The fourth-order valence-electron chi connectivity index (χ4n) is 2.57. The van der Waals surface area contributed by atoms with E-state index >= 15 is 0 Å². The van der Waals surface area contributed by atoms with Gasteiger partial charge in [0.2, 0.25) is 0 Å². The zero-order valence-corrected chi connectivity index (χ0v) is 12.9. The van der Waals surface area contributed by atoms with Crippen LogP contribution >= 0.6 is 11.3 Å². The molecular weight excluding hydrogens is 274 g/mol. The summed E-state index contributed by atoms with van der Waals surface area (Å²) in [4.78, 5) is 14.7. The maximum absolute atomic E-state index is 11.9. The Balaban J connectivity index is 2.04. The molecule has 4 N–H and O–H groups in total. The molecule has 1 amide bonds. The van der Waals surface area contributed by atoms with E-state index in [1.807, 2.05) is 19.9 Å². The van der Waals surface area contributed by atoms with Crippen LogP contribution in [-0.4, -0.2) is 36.8 Å². The molecule has 5 nitrogen and oxygen atoms in total. The molecule has 0 saturated carbocycles. The number of amides is 1. The van der Waals surface area contributed by atoms with Gasteiger partial charge in [0.15, 0.2) is 0 Å². The van der Waals surface area contributed by atoms with Crippen molar-refractivity contribution >= 4 is 27.9 Å². The van der Waals surface area contributed by atoms with Gasteiger partial charge in [-0.05, 0) is 38.7 Å². The number of nitrogens with zero attached hydrogens (tertiary/aromatic N) is 1. The predicted molar refractivity (Wildman–Crippen MR) is 83.4 cm³/mol. The topological polar surface area (TPSA) is 78.6 Å². The van der Waals surface area contributed by atoms with E-state index in [4.69, 9.17) is 5.73 Å². The minimum atomic E-state index is -0.239. The molecule has 6 heteroatoms. The molecule has 1 atom stereocenters. The van der Waals surface area contributed by atoms with Gasteiger partial charge in [0.25, 0.3) is 5.91 Å². The largest absolute Gasteiger partial charge is 0.397 e. The maximum Gasteiger partial charge on any atom is 0.263 e. The molecule has 1 aliphatic rings. The number of aliphatic hydroxyl groups excluding tert-OH is 1. The predicted octanol–water partition coefficient (Wildman–Crippen LogP) is 1.68. The Kier molecular flexibility index (Phi) is 4.88. The van der Waals surface area contributed by atoms with Crippen molar-refractivity contribution < 1.29 is 9.90 Å². The number of thiophene rings is 1. The Bertz CT molecular complexity index is 465. The van der Waals surface area contributed by atoms with Crippen molar-refractivity contribution in [2.75, 3.05) is 30.3 Å². The molecule has 0 aliphatic carbocycles. The van der Waals surface area contributed by atoms with Gasteiger partial charge in [-0.15, -0.1) is 11.3 Å². The molecule has 112 valence electrons. The second-order valence-corrected chi connectivity index (χ2v) is 6.32. The molecule has 0 bridgehead atoms. The Morgan fingerprint density at radius 1 is 1.60 bits per heavy atom. The number of hydrogen-bond donors (Lipinski definition) is 3. The van der Waals surface area contributed by atoms with E-state index in [2.05, 4.69) is 10.2 Å². The average Bonchev–Trinajstić information content (AvgIpc) is 2.81. The van der Waals surface area contributed by atoms with Gasteiger partial charge in [-0.2, -0.15) is 0 Å². The first-order valence-corrected chi connectivity index (χ1v) is 7.95. The van der Waals surface area contributed by atoms with Crippen molar-refractivity contribution in [2.45, 2.75) is 32.8 Å². The number of carbonyl (C=O) groups is 1. The van der Waals surface area contributed by atoms with Crippen LogP contribution in [0.1, 0.15) is 36.4 Å². The van der Waals surface area contributed by atoms with Gasteiger partial charge in [0.05, 0.1) is 16.8 Å². The van der Waals surface area contributed by atoms with Gasteiger partial charge in [0.1, 0.15) is 4.88 Å². The van der Waals surface area contributed by atoms with Crippen molar-refractivity contribution in [2.24, 2.45) is 5.92 Å². The van der Waals surface area contributed by atoms with Crippen LogP contribution in [0.15, 0.2) is 6.07 Å². The summed E-state index contributed by atoms with van der Waals surface area (Å²) in [6.07, 6.45) is 1.72. The van der Waals surface area contributed by atoms with Gasteiger partial charge in [-0.25, -0.2) is 0 Å². The van der Waals surface area contributed by atoms with E-state index in [1.54, 1.807) is 0 Å². The highest BCUT2D eigenvalue weighted by molar-refractivity contribution is 7.18. The fourth-order valence-corrected chi connectivity index (χ4v) is 3.62. The van der Waals surface area contributed by atoms with E-state index in [1.165, 1.54) is 11.3 Å². The van der Waals surface area contributed by atoms with Crippen LogP contribution in [-0.2, 0) is 0 Å². The number of nitrogen functional groups attached to an aromatic ring is 1. The zero-order chi connectivity index (χ0) is 14.7. The van der Waals surface area contributed by atoms with Crippen LogP contribution in [0.5, 0.6) is 0 Å². The Labute approximate surface area is 123 Å². The van der Waals surface area contributed by atoms with Crippen LogP contribution in [0.25, 0.3) is 0 Å². The number of nitrogens with two attached hydrogens (primary N) is 1. The second kappa shape index (κ2) is 6.45. The van der Waals surface area contributed by atoms with E-state index < -0.39 is 0 Å². The van der Waals surface area contributed by atoms with Crippen molar-refractivity contribution in [1.29, 1.82) is 0 Å². The third kappa shape index (κ3) is 3.24. The number of nitrogens with one attached hydrogen (secondary N) is 1. The van der Waals surface area contributed by atoms with Gasteiger partial charge < -0.3 is 21.1 Å². The summed E-state index contributed by atoms with van der Waals surface area (Å²) < 4.78 is 0.